The fourth-order valence-corrected chi connectivity index (χ4v) is 6.27. The van der Waals surface area contributed by atoms with Gasteiger partial charge in [-0.2, -0.15) is 0 Å². The van der Waals surface area contributed by atoms with Gasteiger partial charge >= 0.3 is 0 Å². The number of hydrogen-bond acceptors (Lipinski definition) is 5. The van der Waals surface area contributed by atoms with Crippen LogP contribution >= 0.6 is 11.3 Å². The summed E-state index contributed by atoms with van der Waals surface area (Å²) in [6.45, 7) is 2.05. The zero-order valence-electron chi connectivity index (χ0n) is 18.5. The van der Waals surface area contributed by atoms with Gasteiger partial charge in [-0.1, -0.05) is 35.9 Å². The van der Waals surface area contributed by atoms with Gasteiger partial charge in [0.15, 0.2) is 0 Å². The fraction of sp³-hybridized carbons (Fsp3) is 0.120. The molecule has 9 heteroatoms. The van der Waals surface area contributed by atoms with Crippen LogP contribution in [0, 0.1) is 12.7 Å². The molecule has 0 atom stereocenters. The SMILES string of the molecule is Cc1ccc(N(C)S(=O)(=O)c2c(-c3cccc(F)c3)csc2C(=O)NCc2ccccn2)cc1. The van der Waals surface area contributed by atoms with Crippen LogP contribution < -0.4 is 9.62 Å². The van der Waals surface area contributed by atoms with E-state index in [0.29, 0.717) is 16.9 Å². The Morgan fingerprint density at radius 1 is 1.09 bits per heavy atom. The third kappa shape index (κ3) is 4.85. The van der Waals surface area contributed by atoms with Crippen LogP contribution in [0.2, 0.25) is 0 Å². The van der Waals surface area contributed by atoms with Gasteiger partial charge in [0.05, 0.1) is 17.9 Å². The van der Waals surface area contributed by atoms with Crippen LogP contribution in [0.4, 0.5) is 10.1 Å². The number of rotatable bonds is 7. The minimum absolute atomic E-state index is 0.0224. The van der Waals surface area contributed by atoms with Crippen LogP contribution in [0.15, 0.2) is 83.2 Å². The zero-order chi connectivity index (χ0) is 24.3. The fourth-order valence-electron chi connectivity index (χ4n) is 3.40. The molecule has 0 saturated carbocycles. The molecule has 2 aromatic carbocycles. The molecule has 0 saturated heterocycles. The van der Waals surface area contributed by atoms with Crippen LogP contribution in [0.5, 0.6) is 0 Å². The van der Waals surface area contributed by atoms with E-state index in [9.17, 15) is 17.6 Å². The molecule has 0 aliphatic heterocycles. The van der Waals surface area contributed by atoms with Gasteiger partial charge in [0.1, 0.15) is 15.6 Å². The first kappa shape index (κ1) is 23.6. The highest BCUT2D eigenvalue weighted by molar-refractivity contribution is 7.93. The highest BCUT2D eigenvalue weighted by Crippen LogP contribution is 2.38. The Hall–Kier alpha value is -3.56. The minimum atomic E-state index is -4.17. The summed E-state index contributed by atoms with van der Waals surface area (Å²) in [6, 6.07) is 18.0. The summed E-state index contributed by atoms with van der Waals surface area (Å²) in [5.74, 6) is -1.05. The van der Waals surface area contributed by atoms with E-state index in [4.69, 9.17) is 0 Å². The Balaban J connectivity index is 1.78. The predicted molar refractivity (Wildman–Crippen MR) is 132 cm³/mol. The monoisotopic (exact) mass is 495 g/mol. The third-order valence-electron chi connectivity index (χ3n) is 5.26. The molecular weight excluding hydrogens is 473 g/mol. The van der Waals surface area contributed by atoms with Crippen LogP contribution in [-0.2, 0) is 16.6 Å². The second-order valence-electron chi connectivity index (χ2n) is 7.63. The molecule has 34 heavy (non-hydrogen) atoms. The van der Waals surface area contributed by atoms with Crippen molar-refractivity contribution in [3.8, 4) is 11.1 Å². The van der Waals surface area contributed by atoms with Crippen LogP contribution in [0.1, 0.15) is 20.9 Å². The normalized spacial score (nSPS) is 11.3. The zero-order valence-corrected chi connectivity index (χ0v) is 20.2. The van der Waals surface area contributed by atoms with Crippen molar-refractivity contribution in [3.63, 3.8) is 0 Å². The van der Waals surface area contributed by atoms with Crippen LogP contribution in [0.3, 0.4) is 0 Å². The number of aryl methyl sites for hydroxylation is 1. The Labute approximate surface area is 201 Å². The van der Waals surface area contributed by atoms with Crippen molar-refractivity contribution in [1.29, 1.82) is 0 Å². The Kier molecular flexibility index (Phi) is 6.76. The number of nitrogens with zero attached hydrogens (tertiary/aromatic N) is 2. The van der Waals surface area contributed by atoms with Crippen molar-refractivity contribution in [1.82, 2.24) is 10.3 Å². The molecule has 0 aliphatic rings. The van der Waals surface area contributed by atoms with E-state index in [1.54, 1.807) is 48.0 Å². The number of aromatic nitrogens is 1. The molecule has 2 aromatic heterocycles. The summed E-state index contributed by atoms with van der Waals surface area (Å²) in [5, 5.41) is 4.31. The molecule has 4 aromatic rings. The lowest BCUT2D eigenvalue weighted by molar-refractivity contribution is 0.0951. The van der Waals surface area contributed by atoms with Crippen molar-refractivity contribution < 1.29 is 17.6 Å². The number of anilines is 1. The van der Waals surface area contributed by atoms with E-state index in [0.717, 1.165) is 21.2 Å². The quantitative estimate of drug-likeness (QED) is 0.391. The summed E-state index contributed by atoms with van der Waals surface area (Å²) >= 11 is 1.00. The average molecular weight is 496 g/mol. The molecule has 2 heterocycles. The topological polar surface area (TPSA) is 79.4 Å². The number of amides is 1. The summed E-state index contributed by atoms with van der Waals surface area (Å²) in [7, 11) is -2.73. The number of hydrogen-bond donors (Lipinski definition) is 1. The maximum atomic E-state index is 14.0. The number of sulfonamides is 1. The molecule has 0 aliphatic carbocycles. The number of carbonyl (C=O) groups is 1. The van der Waals surface area contributed by atoms with E-state index in [-0.39, 0.29) is 21.9 Å². The predicted octanol–water partition coefficient (Wildman–Crippen LogP) is 5.01. The maximum absolute atomic E-state index is 14.0. The molecule has 0 unspecified atom stereocenters. The lowest BCUT2D eigenvalue weighted by atomic mass is 10.1. The standard InChI is InChI=1S/C25H22FN3O3S2/c1-17-9-11-21(12-10-17)29(2)34(31,32)24-22(18-6-5-7-19(26)14-18)16-33-23(24)25(30)28-15-20-8-3-4-13-27-20/h3-14,16H,15H2,1-2H3,(H,28,30). The van der Waals surface area contributed by atoms with E-state index in [1.807, 2.05) is 19.1 Å². The highest BCUT2D eigenvalue weighted by atomic mass is 32.2. The molecular formula is C25H22FN3O3S2. The average Bonchev–Trinajstić information content (AvgIpc) is 3.30. The highest BCUT2D eigenvalue weighted by Gasteiger charge is 2.32. The summed E-state index contributed by atoms with van der Waals surface area (Å²) in [5.41, 5.74) is 2.71. The van der Waals surface area contributed by atoms with Crippen molar-refractivity contribution in [3.05, 3.63) is 100 Å². The molecule has 1 amide bonds. The maximum Gasteiger partial charge on any atom is 0.266 e. The molecule has 0 spiro atoms. The molecule has 6 nitrogen and oxygen atoms in total. The number of halogens is 1. The Bertz CT molecular complexity index is 1420. The molecule has 1 N–H and O–H groups in total. The Morgan fingerprint density at radius 2 is 1.85 bits per heavy atom. The minimum Gasteiger partial charge on any atom is -0.346 e. The third-order valence-corrected chi connectivity index (χ3v) is 8.24. The van der Waals surface area contributed by atoms with Crippen molar-refractivity contribution in [2.75, 3.05) is 11.4 Å². The number of pyridine rings is 1. The second kappa shape index (κ2) is 9.74. The summed E-state index contributed by atoms with van der Waals surface area (Å²) in [6.07, 6.45) is 1.61. The molecule has 0 radical (unpaired) electrons. The largest absolute Gasteiger partial charge is 0.346 e. The van der Waals surface area contributed by atoms with Gasteiger partial charge in [-0.05, 0) is 48.9 Å². The van der Waals surface area contributed by atoms with E-state index in [2.05, 4.69) is 10.3 Å². The molecule has 0 bridgehead atoms. The number of nitrogens with one attached hydrogen (secondary N) is 1. The van der Waals surface area contributed by atoms with Crippen LogP contribution in [-0.4, -0.2) is 26.4 Å². The number of thiophene rings is 1. The lowest BCUT2D eigenvalue weighted by Gasteiger charge is -2.21. The summed E-state index contributed by atoms with van der Waals surface area (Å²) in [4.78, 5) is 17.1. The van der Waals surface area contributed by atoms with E-state index >= 15 is 0 Å². The smallest absolute Gasteiger partial charge is 0.266 e. The van der Waals surface area contributed by atoms with Gasteiger partial charge in [0.25, 0.3) is 15.9 Å². The summed E-state index contributed by atoms with van der Waals surface area (Å²) < 4.78 is 42.7. The first-order valence-corrected chi connectivity index (χ1v) is 12.7. The lowest BCUT2D eigenvalue weighted by Crippen LogP contribution is -2.30. The van der Waals surface area contributed by atoms with Crippen molar-refractivity contribution >= 4 is 33.0 Å². The number of carbonyl (C=O) groups excluding carboxylic acids is 1. The van der Waals surface area contributed by atoms with Gasteiger partial charge in [-0.3, -0.25) is 14.1 Å². The second-order valence-corrected chi connectivity index (χ2v) is 10.4. The van der Waals surface area contributed by atoms with Gasteiger partial charge < -0.3 is 5.32 Å². The van der Waals surface area contributed by atoms with Crippen molar-refractivity contribution in [2.24, 2.45) is 0 Å². The molecule has 0 fully saturated rings. The van der Waals surface area contributed by atoms with Gasteiger partial charge in [-0.15, -0.1) is 11.3 Å². The first-order chi connectivity index (χ1) is 16.3. The van der Waals surface area contributed by atoms with Gasteiger partial charge in [-0.25, -0.2) is 12.8 Å². The van der Waals surface area contributed by atoms with E-state index < -0.39 is 21.7 Å². The van der Waals surface area contributed by atoms with Crippen molar-refractivity contribution in [2.45, 2.75) is 18.4 Å². The van der Waals surface area contributed by atoms with Gasteiger partial charge in [0, 0.05) is 24.2 Å². The van der Waals surface area contributed by atoms with Gasteiger partial charge in [0.2, 0.25) is 0 Å². The Morgan fingerprint density at radius 3 is 2.53 bits per heavy atom. The first-order valence-electron chi connectivity index (χ1n) is 10.4. The number of benzene rings is 2. The molecule has 174 valence electrons. The van der Waals surface area contributed by atoms with Crippen LogP contribution in [0.25, 0.3) is 11.1 Å². The molecule has 4 rings (SSSR count). The van der Waals surface area contributed by atoms with E-state index in [1.165, 1.54) is 25.2 Å².